The van der Waals surface area contributed by atoms with Gasteiger partial charge in [-0.15, -0.1) is 0 Å². The summed E-state index contributed by atoms with van der Waals surface area (Å²) in [6, 6.07) is 20.9. The molecule has 0 bridgehead atoms. The summed E-state index contributed by atoms with van der Waals surface area (Å²) in [5.74, 6) is -1.42. The molecule has 7 heteroatoms. The zero-order valence-electron chi connectivity index (χ0n) is 18.1. The molecular weight excluding hydrogens is 420 g/mol. The van der Waals surface area contributed by atoms with E-state index >= 15 is 0 Å². The van der Waals surface area contributed by atoms with Crippen molar-refractivity contribution < 1.29 is 24.2 Å². The molecule has 1 aliphatic rings. The lowest BCUT2D eigenvalue weighted by Gasteiger charge is -2.14. The van der Waals surface area contributed by atoms with E-state index in [0.717, 1.165) is 22.3 Å². The average molecular weight is 444 g/mol. The maximum absolute atomic E-state index is 12.2. The smallest absolute Gasteiger partial charge is 0.407 e. The number of amides is 2. The van der Waals surface area contributed by atoms with Crippen molar-refractivity contribution in [2.24, 2.45) is 0 Å². The fourth-order valence-electron chi connectivity index (χ4n) is 4.14. The van der Waals surface area contributed by atoms with Gasteiger partial charge < -0.3 is 20.5 Å². The Labute approximate surface area is 191 Å². The van der Waals surface area contributed by atoms with Crippen LogP contribution in [0.15, 0.2) is 66.7 Å². The molecule has 0 unspecified atom stereocenters. The Bertz CT molecular complexity index is 1180. The van der Waals surface area contributed by atoms with E-state index < -0.39 is 12.1 Å². The van der Waals surface area contributed by atoms with Crippen molar-refractivity contribution in [3.8, 4) is 11.1 Å². The van der Waals surface area contributed by atoms with Gasteiger partial charge in [0.05, 0.1) is 5.56 Å². The fourth-order valence-corrected chi connectivity index (χ4v) is 4.14. The molecule has 1 aliphatic carbocycles. The Hall–Kier alpha value is -4.13. The highest BCUT2D eigenvalue weighted by molar-refractivity contribution is 5.96. The summed E-state index contributed by atoms with van der Waals surface area (Å²) in [5.41, 5.74) is 5.60. The molecule has 33 heavy (non-hydrogen) atoms. The van der Waals surface area contributed by atoms with Crippen LogP contribution in [-0.2, 0) is 9.53 Å². The number of ether oxygens (including phenoxy) is 1. The molecule has 168 valence electrons. The Morgan fingerprint density at radius 2 is 1.55 bits per heavy atom. The number of carbonyl (C=O) groups excluding carboxylic acids is 2. The second-order valence-electron chi connectivity index (χ2n) is 7.83. The number of fused-ring (bicyclic) bond motifs is 3. The molecule has 0 saturated carbocycles. The molecule has 7 nitrogen and oxygen atoms in total. The molecule has 0 radical (unpaired) electrons. The third-order valence-corrected chi connectivity index (χ3v) is 5.80. The Kier molecular flexibility index (Phi) is 6.40. The second-order valence-corrected chi connectivity index (χ2v) is 7.83. The number of hydrogen-bond donors (Lipinski definition) is 3. The zero-order valence-corrected chi connectivity index (χ0v) is 18.1. The predicted octanol–water partition coefficient (Wildman–Crippen LogP) is 4.56. The van der Waals surface area contributed by atoms with Gasteiger partial charge >= 0.3 is 12.1 Å². The molecule has 3 aromatic rings. The molecule has 0 aliphatic heterocycles. The van der Waals surface area contributed by atoms with E-state index in [-0.39, 0.29) is 37.0 Å². The SMILES string of the molecule is Cc1c(NC(=O)CCNC(=O)OCC2c3ccccc3-c3ccccc32)cccc1C(=O)O. The summed E-state index contributed by atoms with van der Waals surface area (Å²) in [5, 5.41) is 14.5. The minimum absolute atomic E-state index is 0.0287. The first-order valence-electron chi connectivity index (χ1n) is 10.7. The highest BCUT2D eigenvalue weighted by atomic mass is 16.5. The minimum atomic E-state index is -1.06. The van der Waals surface area contributed by atoms with Gasteiger partial charge in [0.1, 0.15) is 6.61 Å². The van der Waals surface area contributed by atoms with Gasteiger partial charge in [-0.1, -0.05) is 54.6 Å². The van der Waals surface area contributed by atoms with E-state index in [2.05, 4.69) is 22.8 Å². The topological polar surface area (TPSA) is 105 Å². The number of alkyl carbamates (subject to hydrolysis) is 1. The quantitative estimate of drug-likeness (QED) is 0.496. The van der Waals surface area contributed by atoms with Crippen LogP contribution >= 0.6 is 0 Å². The van der Waals surface area contributed by atoms with E-state index in [9.17, 15) is 19.5 Å². The van der Waals surface area contributed by atoms with E-state index in [4.69, 9.17) is 4.74 Å². The van der Waals surface area contributed by atoms with Crippen LogP contribution in [0.5, 0.6) is 0 Å². The zero-order chi connectivity index (χ0) is 23.4. The van der Waals surface area contributed by atoms with Crippen LogP contribution in [-0.4, -0.2) is 36.2 Å². The molecule has 3 aromatic carbocycles. The highest BCUT2D eigenvalue weighted by Crippen LogP contribution is 2.44. The minimum Gasteiger partial charge on any atom is -0.478 e. The first kappa shape index (κ1) is 22.1. The first-order chi connectivity index (χ1) is 16.0. The number of hydrogen-bond acceptors (Lipinski definition) is 4. The van der Waals surface area contributed by atoms with Crippen LogP contribution in [0, 0.1) is 6.92 Å². The van der Waals surface area contributed by atoms with Gasteiger partial charge in [-0.05, 0) is 46.9 Å². The number of nitrogens with one attached hydrogen (secondary N) is 2. The van der Waals surface area contributed by atoms with Crippen LogP contribution in [0.4, 0.5) is 10.5 Å². The van der Waals surface area contributed by atoms with Crippen LogP contribution in [0.3, 0.4) is 0 Å². The summed E-state index contributed by atoms with van der Waals surface area (Å²) in [6.07, 6.45) is -0.560. The number of anilines is 1. The number of carboxylic acids is 1. The third-order valence-electron chi connectivity index (χ3n) is 5.80. The number of carbonyl (C=O) groups is 3. The number of rotatable bonds is 7. The molecule has 0 aromatic heterocycles. The number of carboxylic acid groups (broad SMARTS) is 1. The lowest BCUT2D eigenvalue weighted by molar-refractivity contribution is -0.116. The number of benzene rings is 3. The van der Waals surface area contributed by atoms with Gasteiger partial charge in [0, 0.05) is 24.6 Å². The molecule has 0 saturated heterocycles. The normalized spacial score (nSPS) is 11.9. The van der Waals surface area contributed by atoms with Gasteiger partial charge in [0.25, 0.3) is 0 Å². The maximum atomic E-state index is 12.2. The number of aromatic carboxylic acids is 1. The highest BCUT2D eigenvalue weighted by Gasteiger charge is 2.28. The first-order valence-corrected chi connectivity index (χ1v) is 10.7. The van der Waals surface area contributed by atoms with Crippen molar-refractivity contribution in [2.45, 2.75) is 19.3 Å². The summed E-state index contributed by atoms with van der Waals surface area (Å²) >= 11 is 0. The Balaban J connectivity index is 1.27. The largest absolute Gasteiger partial charge is 0.478 e. The lowest BCUT2D eigenvalue weighted by atomic mass is 9.98. The van der Waals surface area contributed by atoms with Crippen LogP contribution in [0.25, 0.3) is 11.1 Å². The molecule has 2 amide bonds. The van der Waals surface area contributed by atoms with Crippen molar-refractivity contribution in [1.29, 1.82) is 0 Å². The molecule has 0 atom stereocenters. The van der Waals surface area contributed by atoms with Crippen molar-refractivity contribution in [3.63, 3.8) is 0 Å². The third kappa shape index (κ3) is 4.72. The Morgan fingerprint density at radius 3 is 2.18 bits per heavy atom. The van der Waals surface area contributed by atoms with Gasteiger partial charge in [0.2, 0.25) is 5.91 Å². The molecule has 0 spiro atoms. The summed E-state index contributed by atoms with van der Waals surface area (Å²) in [4.78, 5) is 35.7. The average Bonchev–Trinajstić information content (AvgIpc) is 3.12. The fraction of sp³-hybridized carbons (Fsp3) is 0.192. The van der Waals surface area contributed by atoms with Gasteiger partial charge in [-0.3, -0.25) is 4.79 Å². The van der Waals surface area contributed by atoms with E-state index in [1.165, 1.54) is 6.07 Å². The van der Waals surface area contributed by atoms with Crippen LogP contribution in [0.1, 0.15) is 39.4 Å². The molecule has 0 fully saturated rings. The second kappa shape index (κ2) is 9.56. The van der Waals surface area contributed by atoms with Crippen LogP contribution < -0.4 is 10.6 Å². The molecular formula is C26H24N2O5. The Morgan fingerprint density at radius 1 is 0.909 bits per heavy atom. The maximum Gasteiger partial charge on any atom is 0.407 e. The van der Waals surface area contributed by atoms with Crippen molar-refractivity contribution in [2.75, 3.05) is 18.5 Å². The monoisotopic (exact) mass is 444 g/mol. The van der Waals surface area contributed by atoms with Gasteiger partial charge in [0.15, 0.2) is 0 Å². The molecule has 4 rings (SSSR count). The summed E-state index contributed by atoms with van der Waals surface area (Å²) < 4.78 is 5.45. The predicted molar refractivity (Wildman–Crippen MR) is 124 cm³/mol. The van der Waals surface area contributed by atoms with Crippen LogP contribution in [0.2, 0.25) is 0 Å². The van der Waals surface area contributed by atoms with Crippen molar-refractivity contribution in [3.05, 3.63) is 89.0 Å². The standard InChI is InChI=1S/C26H24N2O5/c1-16-17(25(30)31)11-6-12-23(16)28-24(29)13-14-27-26(32)33-15-22-20-9-4-2-7-18(20)19-8-3-5-10-21(19)22/h2-12,22H,13-15H2,1H3,(H,27,32)(H,28,29)(H,30,31). The van der Waals surface area contributed by atoms with E-state index in [1.807, 2.05) is 36.4 Å². The molecule has 0 heterocycles. The summed E-state index contributed by atoms with van der Waals surface area (Å²) in [6.45, 7) is 1.93. The van der Waals surface area contributed by atoms with Gasteiger partial charge in [-0.2, -0.15) is 0 Å². The summed E-state index contributed by atoms with van der Waals surface area (Å²) in [7, 11) is 0. The van der Waals surface area contributed by atoms with Crippen molar-refractivity contribution >= 4 is 23.7 Å². The van der Waals surface area contributed by atoms with E-state index in [1.54, 1.807) is 19.1 Å². The van der Waals surface area contributed by atoms with Crippen molar-refractivity contribution in [1.82, 2.24) is 5.32 Å². The lowest BCUT2D eigenvalue weighted by Crippen LogP contribution is -2.29. The van der Waals surface area contributed by atoms with E-state index in [0.29, 0.717) is 11.3 Å². The van der Waals surface area contributed by atoms with Gasteiger partial charge in [-0.25, -0.2) is 9.59 Å². The molecule has 3 N–H and O–H groups in total.